The first kappa shape index (κ1) is 20.9. The number of amides is 1. The topological polar surface area (TPSA) is 66.5 Å². The number of hydrogen-bond acceptors (Lipinski definition) is 3. The fraction of sp³-hybridized carbons (Fsp3) is 0.350. The van der Waals surface area contributed by atoms with Crippen LogP contribution in [0.4, 0.5) is 15.8 Å². The standard InChI is InChI=1S/C20H25FN2O3S/c1-5-15-9-7-8-14(3)19(15)22-20(24)18(6-2)23(27(4,25)26)17-12-10-16(21)11-13-17/h7-13,18H,5-6H2,1-4H3,(H,22,24)/t18-/m0/s1. The van der Waals surface area contributed by atoms with Crippen molar-refractivity contribution in [3.63, 3.8) is 0 Å². The minimum atomic E-state index is -3.76. The van der Waals surface area contributed by atoms with E-state index in [9.17, 15) is 17.6 Å². The van der Waals surface area contributed by atoms with E-state index >= 15 is 0 Å². The van der Waals surface area contributed by atoms with Crippen LogP contribution in [-0.2, 0) is 21.2 Å². The SMILES string of the molecule is CCc1cccc(C)c1NC(=O)[C@H](CC)N(c1ccc(F)cc1)S(C)(=O)=O. The summed E-state index contributed by atoms with van der Waals surface area (Å²) < 4.78 is 39.1. The average molecular weight is 392 g/mol. The summed E-state index contributed by atoms with van der Waals surface area (Å²) in [7, 11) is -3.76. The maximum atomic E-state index is 13.3. The van der Waals surface area contributed by atoms with E-state index in [0.29, 0.717) is 5.69 Å². The van der Waals surface area contributed by atoms with Crippen LogP contribution in [-0.4, -0.2) is 26.6 Å². The first-order chi connectivity index (χ1) is 12.7. The van der Waals surface area contributed by atoms with E-state index in [1.54, 1.807) is 6.92 Å². The van der Waals surface area contributed by atoms with Crippen LogP contribution in [0.2, 0.25) is 0 Å². The van der Waals surface area contributed by atoms with Crippen molar-refractivity contribution in [2.24, 2.45) is 0 Å². The van der Waals surface area contributed by atoms with Gasteiger partial charge in [0.15, 0.2) is 0 Å². The molecule has 146 valence electrons. The third-order valence-corrected chi connectivity index (χ3v) is 5.58. The highest BCUT2D eigenvalue weighted by Gasteiger charge is 2.32. The lowest BCUT2D eigenvalue weighted by molar-refractivity contribution is -0.117. The van der Waals surface area contributed by atoms with Gasteiger partial charge >= 0.3 is 0 Å². The molecule has 1 amide bonds. The summed E-state index contributed by atoms with van der Waals surface area (Å²) in [5, 5.41) is 2.90. The molecule has 1 atom stereocenters. The van der Waals surface area contributed by atoms with Gasteiger partial charge in [0.2, 0.25) is 15.9 Å². The summed E-state index contributed by atoms with van der Waals surface area (Å²) in [6.45, 7) is 5.62. The van der Waals surface area contributed by atoms with Crippen LogP contribution in [0.3, 0.4) is 0 Å². The molecule has 2 rings (SSSR count). The lowest BCUT2D eigenvalue weighted by Gasteiger charge is -2.30. The third-order valence-electron chi connectivity index (χ3n) is 4.40. The van der Waals surface area contributed by atoms with Gasteiger partial charge in [-0.25, -0.2) is 12.8 Å². The van der Waals surface area contributed by atoms with Crippen molar-refractivity contribution < 1.29 is 17.6 Å². The van der Waals surface area contributed by atoms with E-state index in [4.69, 9.17) is 0 Å². The number of nitrogens with one attached hydrogen (secondary N) is 1. The van der Waals surface area contributed by atoms with E-state index < -0.39 is 27.8 Å². The molecule has 0 radical (unpaired) electrons. The maximum absolute atomic E-state index is 13.3. The molecular weight excluding hydrogens is 367 g/mol. The highest BCUT2D eigenvalue weighted by molar-refractivity contribution is 7.92. The second-order valence-electron chi connectivity index (χ2n) is 6.41. The van der Waals surface area contributed by atoms with Crippen molar-refractivity contribution in [1.82, 2.24) is 0 Å². The summed E-state index contributed by atoms with van der Waals surface area (Å²) in [6, 6.07) is 9.86. The number of para-hydroxylation sites is 1. The largest absolute Gasteiger partial charge is 0.324 e. The Balaban J connectivity index is 2.43. The van der Waals surface area contributed by atoms with Gasteiger partial charge in [0.05, 0.1) is 11.9 Å². The molecule has 0 aliphatic carbocycles. The Hall–Kier alpha value is -2.41. The van der Waals surface area contributed by atoms with Gasteiger partial charge in [0.25, 0.3) is 0 Å². The molecule has 0 heterocycles. The monoisotopic (exact) mass is 392 g/mol. The van der Waals surface area contributed by atoms with Crippen molar-refractivity contribution in [2.75, 3.05) is 15.9 Å². The molecule has 0 spiro atoms. The van der Waals surface area contributed by atoms with Crippen LogP contribution in [0.5, 0.6) is 0 Å². The Kier molecular flexibility index (Phi) is 6.59. The van der Waals surface area contributed by atoms with Gasteiger partial charge in [0.1, 0.15) is 11.9 Å². The Bertz CT molecular complexity index is 911. The predicted octanol–water partition coefficient (Wildman–Crippen LogP) is 3.88. The number of carbonyl (C=O) groups is 1. The fourth-order valence-electron chi connectivity index (χ4n) is 3.06. The molecule has 0 bridgehead atoms. The number of aryl methyl sites for hydroxylation is 2. The molecule has 0 aliphatic rings. The van der Waals surface area contributed by atoms with Gasteiger partial charge < -0.3 is 5.32 Å². The summed E-state index contributed by atoms with van der Waals surface area (Å²) in [5.41, 5.74) is 2.84. The van der Waals surface area contributed by atoms with E-state index in [1.165, 1.54) is 24.3 Å². The number of sulfonamides is 1. The van der Waals surface area contributed by atoms with E-state index in [0.717, 1.165) is 28.1 Å². The van der Waals surface area contributed by atoms with Gasteiger partial charge in [-0.15, -0.1) is 0 Å². The first-order valence-corrected chi connectivity index (χ1v) is 10.7. The lowest BCUT2D eigenvalue weighted by Crippen LogP contribution is -2.47. The van der Waals surface area contributed by atoms with E-state index in [2.05, 4.69) is 5.32 Å². The second-order valence-corrected chi connectivity index (χ2v) is 8.27. The zero-order valence-corrected chi connectivity index (χ0v) is 16.8. The van der Waals surface area contributed by atoms with Gasteiger partial charge in [0, 0.05) is 5.69 Å². The van der Waals surface area contributed by atoms with Gasteiger partial charge in [-0.2, -0.15) is 0 Å². The summed E-state index contributed by atoms with van der Waals surface area (Å²) in [4.78, 5) is 13.0. The summed E-state index contributed by atoms with van der Waals surface area (Å²) >= 11 is 0. The number of anilines is 2. The smallest absolute Gasteiger partial charge is 0.248 e. The van der Waals surface area contributed by atoms with Crippen LogP contribution in [0.25, 0.3) is 0 Å². The molecule has 5 nitrogen and oxygen atoms in total. The molecule has 1 N–H and O–H groups in total. The Labute approximate surface area is 160 Å². The Morgan fingerprint density at radius 1 is 1.15 bits per heavy atom. The van der Waals surface area contributed by atoms with E-state index in [-0.39, 0.29) is 12.1 Å². The Morgan fingerprint density at radius 2 is 1.78 bits per heavy atom. The maximum Gasteiger partial charge on any atom is 0.248 e. The predicted molar refractivity (Wildman–Crippen MR) is 107 cm³/mol. The van der Waals surface area contributed by atoms with Gasteiger partial charge in [-0.05, 0) is 55.2 Å². The van der Waals surface area contributed by atoms with Crippen molar-refractivity contribution in [3.05, 3.63) is 59.4 Å². The summed E-state index contributed by atoms with van der Waals surface area (Å²) in [6.07, 6.45) is 2.04. The fourth-order valence-corrected chi connectivity index (χ4v) is 4.27. The molecular formula is C20H25FN2O3S. The second kappa shape index (κ2) is 8.52. The van der Waals surface area contributed by atoms with Crippen molar-refractivity contribution >= 4 is 27.3 Å². The van der Waals surface area contributed by atoms with Crippen molar-refractivity contribution in [2.45, 2.75) is 39.7 Å². The zero-order chi connectivity index (χ0) is 20.2. The highest BCUT2D eigenvalue weighted by atomic mass is 32.2. The molecule has 0 aliphatic heterocycles. The first-order valence-electron chi connectivity index (χ1n) is 8.83. The van der Waals surface area contributed by atoms with Crippen LogP contribution >= 0.6 is 0 Å². The highest BCUT2D eigenvalue weighted by Crippen LogP contribution is 2.26. The zero-order valence-electron chi connectivity index (χ0n) is 16.0. The average Bonchev–Trinajstić information content (AvgIpc) is 2.61. The van der Waals surface area contributed by atoms with Crippen molar-refractivity contribution in [3.8, 4) is 0 Å². The molecule has 2 aromatic carbocycles. The van der Waals surface area contributed by atoms with Crippen LogP contribution in [0, 0.1) is 12.7 Å². The van der Waals surface area contributed by atoms with Crippen LogP contribution in [0.1, 0.15) is 31.4 Å². The molecule has 0 aromatic heterocycles. The molecule has 27 heavy (non-hydrogen) atoms. The molecule has 7 heteroatoms. The lowest BCUT2D eigenvalue weighted by atomic mass is 10.0. The number of rotatable bonds is 7. The molecule has 0 unspecified atom stereocenters. The molecule has 0 fully saturated rings. The van der Waals surface area contributed by atoms with Crippen LogP contribution in [0.15, 0.2) is 42.5 Å². The number of benzene rings is 2. The quantitative estimate of drug-likeness (QED) is 0.778. The van der Waals surface area contributed by atoms with Gasteiger partial charge in [-0.3, -0.25) is 9.10 Å². The third kappa shape index (κ3) is 4.86. The minimum Gasteiger partial charge on any atom is -0.324 e. The van der Waals surface area contributed by atoms with E-state index in [1.807, 2.05) is 32.0 Å². The number of nitrogens with zero attached hydrogens (tertiary/aromatic N) is 1. The van der Waals surface area contributed by atoms with Crippen LogP contribution < -0.4 is 9.62 Å². The molecule has 2 aromatic rings. The number of hydrogen-bond donors (Lipinski definition) is 1. The normalized spacial score (nSPS) is 12.5. The molecule has 0 saturated carbocycles. The van der Waals surface area contributed by atoms with Crippen molar-refractivity contribution in [1.29, 1.82) is 0 Å². The summed E-state index contributed by atoms with van der Waals surface area (Å²) in [5.74, 6) is -0.895. The van der Waals surface area contributed by atoms with Gasteiger partial charge in [-0.1, -0.05) is 32.0 Å². The Morgan fingerprint density at radius 3 is 2.30 bits per heavy atom. The molecule has 0 saturated heterocycles. The number of carbonyl (C=O) groups excluding carboxylic acids is 1. The number of halogens is 1. The minimum absolute atomic E-state index is 0.251.